The summed E-state index contributed by atoms with van der Waals surface area (Å²) in [5.74, 6) is 2.88. The average Bonchev–Trinajstić information content (AvgIpc) is 2.85. The first-order chi connectivity index (χ1) is 8.74. The predicted octanol–water partition coefficient (Wildman–Crippen LogP) is 4.28. The van der Waals surface area contributed by atoms with E-state index in [0.717, 1.165) is 40.3 Å². The van der Waals surface area contributed by atoms with Crippen LogP contribution in [-0.2, 0) is 6.42 Å². The van der Waals surface area contributed by atoms with Crippen LogP contribution in [0.2, 0.25) is 0 Å². The third-order valence-electron chi connectivity index (χ3n) is 2.51. The second-order valence-corrected chi connectivity index (χ2v) is 4.99. The first kappa shape index (κ1) is 13.4. The summed E-state index contributed by atoms with van der Waals surface area (Å²) in [6.07, 6.45) is 3.37. The maximum absolute atomic E-state index is 5.67. The van der Waals surface area contributed by atoms with Gasteiger partial charge in [-0.3, -0.25) is 0 Å². The van der Waals surface area contributed by atoms with Crippen molar-refractivity contribution in [2.24, 2.45) is 0 Å². The lowest BCUT2D eigenvalue weighted by molar-refractivity contribution is 0.412. The number of alkyl halides is 1. The van der Waals surface area contributed by atoms with E-state index in [0.29, 0.717) is 5.88 Å². The predicted molar refractivity (Wildman–Crippen MR) is 75.2 cm³/mol. The van der Waals surface area contributed by atoms with Gasteiger partial charge in [0.25, 0.3) is 0 Å². The van der Waals surface area contributed by atoms with Gasteiger partial charge in [-0.05, 0) is 40.5 Å². The molecule has 0 unspecified atom stereocenters. The van der Waals surface area contributed by atoms with Crippen LogP contribution < -0.4 is 4.74 Å². The monoisotopic (exact) mass is 329 g/mol. The Morgan fingerprint density at radius 1 is 1.44 bits per heavy atom. The molecule has 0 bridgehead atoms. The molecular formula is C13H13BrClNO2. The quantitative estimate of drug-likeness (QED) is 0.767. The maximum Gasteiger partial charge on any atom is 0.194 e. The standard InChI is InChI=1S/C13H13BrClNO2/c1-17-11-5-4-9(7-10(11)14)12-8-16-13(18-12)3-2-6-15/h4-5,7-8H,2-3,6H2,1H3. The van der Waals surface area contributed by atoms with Crippen molar-refractivity contribution in [3.05, 3.63) is 34.8 Å². The van der Waals surface area contributed by atoms with Crippen LogP contribution in [0.25, 0.3) is 11.3 Å². The molecule has 0 aliphatic heterocycles. The number of benzene rings is 1. The summed E-state index contributed by atoms with van der Waals surface area (Å²) in [6.45, 7) is 0. The molecule has 0 amide bonds. The fourth-order valence-electron chi connectivity index (χ4n) is 1.60. The lowest BCUT2D eigenvalue weighted by Crippen LogP contribution is -1.85. The number of oxazole rings is 1. The molecule has 96 valence electrons. The Balaban J connectivity index is 2.20. The minimum Gasteiger partial charge on any atom is -0.496 e. The summed E-state index contributed by atoms with van der Waals surface area (Å²) in [6, 6.07) is 5.78. The zero-order valence-electron chi connectivity index (χ0n) is 9.95. The second-order valence-electron chi connectivity index (χ2n) is 3.76. The normalized spacial score (nSPS) is 10.6. The summed E-state index contributed by atoms with van der Waals surface area (Å²) >= 11 is 9.09. The molecule has 3 nitrogen and oxygen atoms in total. The Morgan fingerprint density at radius 3 is 2.94 bits per heavy atom. The Kier molecular flexibility index (Phi) is 4.66. The molecule has 1 heterocycles. The van der Waals surface area contributed by atoms with Crippen LogP contribution in [0.1, 0.15) is 12.3 Å². The number of methoxy groups -OCH3 is 1. The second kappa shape index (κ2) is 6.25. The van der Waals surface area contributed by atoms with Gasteiger partial charge in [0.2, 0.25) is 0 Å². The molecule has 2 rings (SSSR count). The first-order valence-electron chi connectivity index (χ1n) is 5.59. The number of aryl methyl sites for hydroxylation is 1. The highest BCUT2D eigenvalue weighted by Crippen LogP contribution is 2.30. The summed E-state index contributed by atoms with van der Waals surface area (Å²) in [4.78, 5) is 4.23. The number of hydrogen-bond donors (Lipinski definition) is 0. The van der Waals surface area contributed by atoms with Crippen molar-refractivity contribution in [1.82, 2.24) is 4.98 Å². The topological polar surface area (TPSA) is 35.3 Å². The van der Waals surface area contributed by atoms with Gasteiger partial charge in [0.05, 0.1) is 17.8 Å². The first-order valence-corrected chi connectivity index (χ1v) is 6.92. The lowest BCUT2D eigenvalue weighted by Gasteiger charge is -2.04. The maximum atomic E-state index is 5.67. The largest absolute Gasteiger partial charge is 0.496 e. The van der Waals surface area contributed by atoms with Gasteiger partial charge in [-0.2, -0.15) is 0 Å². The van der Waals surface area contributed by atoms with Gasteiger partial charge < -0.3 is 9.15 Å². The number of nitrogens with zero attached hydrogens (tertiary/aromatic N) is 1. The van der Waals surface area contributed by atoms with Crippen molar-refractivity contribution in [2.75, 3.05) is 13.0 Å². The third-order valence-corrected chi connectivity index (χ3v) is 3.40. The molecule has 18 heavy (non-hydrogen) atoms. The number of ether oxygens (including phenoxy) is 1. The Labute approximate surface area is 119 Å². The number of hydrogen-bond acceptors (Lipinski definition) is 3. The molecule has 0 saturated heterocycles. The minimum atomic E-state index is 0.617. The molecule has 5 heteroatoms. The Hall–Kier alpha value is -1.00. The number of rotatable bonds is 5. The fraction of sp³-hybridized carbons (Fsp3) is 0.308. The van der Waals surface area contributed by atoms with Crippen molar-refractivity contribution in [1.29, 1.82) is 0 Å². The highest BCUT2D eigenvalue weighted by atomic mass is 79.9. The van der Waals surface area contributed by atoms with Gasteiger partial charge in [0, 0.05) is 17.9 Å². The molecule has 0 saturated carbocycles. The Morgan fingerprint density at radius 2 is 2.28 bits per heavy atom. The smallest absolute Gasteiger partial charge is 0.194 e. The zero-order chi connectivity index (χ0) is 13.0. The van der Waals surface area contributed by atoms with E-state index in [1.807, 2.05) is 18.2 Å². The van der Waals surface area contributed by atoms with Crippen molar-refractivity contribution >= 4 is 27.5 Å². The summed E-state index contributed by atoms with van der Waals surface area (Å²) in [7, 11) is 1.64. The molecule has 0 aliphatic rings. The van der Waals surface area contributed by atoms with Crippen molar-refractivity contribution in [3.8, 4) is 17.1 Å². The van der Waals surface area contributed by atoms with E-state index in [-0.39, 0.29) is 0 Å². The van der Waals surface area contributed by atoms with Gasteiger partial charge >= 0.3 is 0 Å². The van der Waals surface area contributed by atoms with Crippen LogP contribution in [0, 0.1) is 0 Å². The molecule has 0 radical (unpaired) electrons. The van der Waals surface area contributed by atoms with Gasteiger partial charge in [-0.15, -0.1) is 11.6 Å². The number of halogens is 2. The van der Waals surface area contributed by atoms with E-state index in [2.05, 4.69) is 20.9 Å². The van der Waals surface area contributed by atoms with Crippen molar-refractivity contribution in [3.63, 3.8) is 0 Å². The van der Waals surface area contributed by atoms with Crippen molar-refractivity contribution < 1.29 is 9.15 Å². The molecule has 0 N–H and O–H groups in total. The van der Waals surface area contributed by atoms with E-state index in [1.54, 1.807) is 13.3 Å². The van der Waals surface area contributed by atoms with Crippen molar-refractivity contribution in [2.45, 2.75) is 12.8 Å². The van der Waals surface area contributed by atoms with Crippen LogP contribution in [0.3, 0.4) is 0 Å². The van der Waals surface area contributed by atoms with Gasteiger partial charge in [-0.25, -0.2) is 4.98 Å². The SMILES string of the molecule is COc1ccc(-c2cnc(CCCCl)o2)cc1Br. The van der Waals surface area contributed by atoms with Gasteiger partial charge in [-0.1, -0.05) is 0 Å². The molecule has 0 atom stereocenters. The summed E-state index contributed by atoms with van der Waals surface area (Å²) in [5, 5.41) is 0. The van der Waals surface area contributed by atoms with Crippen LogP contribution in [0.15, 0.2) is 33.3 Å². The summed E-state index contributed by atoms with van der Waals surface area (Å²) < 4.78 is 11.7. The molecule has 0 aliphatic carbocycles. The fourth-order valence-corrected chi connectivity index (χ4v) is 2.27. The molecule has 1 aromatic carbocycles. The Bertz CT molecular complexity index is 527. The van der Waals surface area contributed by atoms with Crippen LogP contribution in [-0.4, -0.2) is 18.0 Å². The minimum absolute atomic E-state index is 0.617. The zero-order valence-corrected chi connectivity index (χ0v) is 12.3. The van der Waals surface area contributed by atoms with Crippen LogP contribution in [0.4, 0.5) is 0 Å². The molecular weight excluding hydrogens is 318 g/mol. The molecule has 0 fully saturated rings. The highest BCUT2D eigenvalue weighted by molar-refractivity contribution is 9.10. The van der Waals surface area contributed by atoms with E-state index in [1.165, 1.54) is 0 Å². The number of aromatic nitrogens is 1. The van der Waals surface area contributed by atoms with Crippen LogP contribution >= 0.6 is 27.5 Å². The molecule has 2 aromatic rings. The summed E-state index contributed by atoms with van der Waals surface area (Å²) in [5.41, 5.74) is 0.965. The lowest BCUT2D eigenvalue weighted by atomic mass is 10.2. The highest BCUT2D eigenvalue weighted by Gasteiger charge is 2.08. The average molecular weight is 331 g/mol. The van der Waals surface area contributed by atoms with E-state index >= 15 is 0 Å². The van der Waals surface area contributed by atoms with E-state index < -0.39 is 0 Å². The van der Waals surface area contributed by atoms with E-state index in [9.17, 15) is 0 Å². The molecule has 0 spiro atoms. The van der Waals surface area contributed by atoms with E-state index in [4.69, 9.17) is 20.8 Å². The van der Waals surface area contributed by atoms with Gasteiger partial charge in [0.1, 0.15) is 5.75 Å². The third kappa shape index (κ3) is 3.06. The van der Waals surface area contributed by atoms with Crippen LogP contribution in [0.5, 0.6) is 5.75 Å². The van der Waals surface area contributed by atoms with Gasteiger partial charge in [0.15, 0.2) is 11.7 Å². The molecule has 1 aromatic heterocycles.